The van der Waals surface area contributed by atoms with E-state index in [1.807, 2.05) is 0 Å². The van der Waals surface area contributed by atoms with Crippen LogP contribution in [0.15, 0.2) is 40.7 Å². The van der Waals surface area contributed by atoms with Gasteiger partial charge in [0, 0.05) is 12.1 Å². The van der Waals surface area contributed by atoms with Crippen molar-refractivity contribution in [2.45, 2.75) is 80.0 Å². The second kappa shape index (κ2) is 11.9. The van der Waals surface area contributed by atoms with Crippen LogP contribution in [0.2, 0.25) is 0 Å². The molecule has 2 aromatic rings. The van der Waals surface area contributed by atoms with Crippen molar-refractivity contribution >= 4 is 40.2 Å². The second-order valence-corrected chi connectivity index (χ2v) is 11.2. The maximum absolute atomic E-state index is 13.5. The molecule has 0 radical (unpaired) electrons. The molecule has 2 aliphatic rings. The third kappa shape index (κ3) is 6.51. The molecule has 0 spiro atoms. The number of urea groups is 1. The van der Waals surface area contributed by atoms with Crippen LogP contribution in [0.1, 0.15) is 69.3 Å². The summed E-state index contributed by atoms with van der Waals surface area (Å²) in [4.78, 5) is 31.4. The molecular formula is C25H33N3O3S2. The van der Waals surface area contributed by atoms with Gasteiger partial charge < -0.3 is 9.64 Å². The largest absolute Gasteiger partial charge is 0.468 e. The quantitative estimate of drug-likeness (QED) is 0.366. The van der Waals surface area contributed by atoms with E-state index in [4.69, 9.17) is 4.74 Å². The molecule has 1 aromatic carbocycles. The molecular weight excluding hydrogens is 454 g/mol. The third-order valence-corrected chi connectivity index (χ3v) is 8.90. The van der Waals surface area contributed by atoms with E-state index in [0.717, 1.165) is 42.7 Å². The maximum atomic E-state index is 13.5. The predicted octanol–water partition coefficient (Wildman–Crippen LogP) is 6.30. The number of anilines is 1. The van der Waals surface area contributed by atoms with Gasteiger partial charge >= 0.3 is 12.0 Å². The summed E-state index contributed by atoms with van der Waals surface area (Å²) in [6.07, 6.45) is 11.9. The zero-order valence-electron chi connectivity index (χ0n) is 19.2. The summed E-state index contributed by atoms with van der Waals surface area (Å²) < 4.78 is 5.58. The average Bonchev–Trinajstić information content (AvgIpc) is 3.31. The first-order valence-electron chi connectivity index (χ1n) is 11.9. The molecule has 2 amide bonds. The number of thioether (sulfide) groups is 1. The van der Waals surface area contributed by atoms with Crippen LogP contribution in [-0.4, -0.2) is 46.8 Å². The van der Waals surface area contributed by atoms with Crippen LogP contribution in [0.3, 0.4) is 0 Å². The molecule has 2 saturated carbocycles. The minimum absolute atomic E-state index is 0.0241. The zero-order chi connectivity index (χ0) is 23.0. The van der Waals surface area contributed by atoms with Gasteiger partial charge in [0.15, 0.2) is 5.13 Å². The number of ether oxygens (including phenoxy) is 1. The van der Waals surface area contributed by atoms with Gasteiger partial charge in [-0.15, -0.1) is 11.8 Å². The number of hydrogen-bond acceptors (Lipinski definition) is 6. The van der Waals surface area contributed by atoms with Crippen LogP contribution in [0, 0.1) is 0 Å². The van der Waals surface area contributed by atoms with Crippen molar-refractivity contribution in [3.63, 3.8) is 0 Å². The summed E-state index contributed by atoms with van der Waals surface area (Å²) >= 11 is 2.79. The molecule has 0 unspecified atom stereocenters. The number of aromatic nitrogens is 1. The number of benzene rings is 1. The Balaban J connectivity index is 1.40. The Morgan fingerprint density at radius 2 is 1.76 bits per heavy atom. The number of rotatable bonds is 7. The Bertz CT molecular complexity index is 907. The van der Waals surface area contributed by atoms with Crippen molar-refractivity contribution in [3.05, 3.63) is 42.1 Å². The molecule has 33 heavy (non-hydrogen) atoms. The Morgan fingerprint density at radius 1 is 1.06 bits per heavy atom. The monoisotopic (exact) mass is 487 g/mol. The lowest BCUT2D eigenvalue weighted by Crippen LogP contribution is -2.50. The predicted molar refractivity (Wildman–Crippen MR) is 134 cm³/mol. The third-order valence-electron chi connectivity index (χ3n) is 6.82. The molecule has 6 nitrogen and oxygen atoms in total. The molecule has 0 saturated heterocycles. The SMILES string of the molecule is COC(=O)CSc1cnc(NC(=O)N(C2CCCCC2)C2CCC(c3ccccc3)CC2)s1. The Morgan fingerprint density at radius 3 is 2.45 bits per heavy atom. The smallest absolute Gasteiger partial charge is 0.324 e. The summed E-state index contributed by atoms with van der Waals surface area (Å²) in [5.41, 5.74) is 1.42. The highest BCUT2D eigenvalue weighted by atomic mass is 32.2. The first-order valence-corrected chi connectivity index (χ1v) is 13.7. The van der Waals surface area contributed by atoms with E-state index < -0.39 is 0 Å². The summed E-state index contributed by atoms with van der Waals surface area (Å²) in [7, 11) is 1.38. The Labute approximate surface area is 204 Å². The fraction of sp³-hybridized carbons (Fsp3) is 0.560. The maximum Gasteiger partial charge on any atom is 0.324 e. The van der Waals surface area contributed by atoms with Crippen LogP contribution in [-0.2, 0) is 9.53 Å². The van der Waals surface area contributed by atoms with E-state index >= 15 is 0 Å². The normalized spacial score (nSPS) is 21.4. The zero-order valence-corrected chi connectivity index (χ0v) is 20.8. The van der Waals surface area contributed by atoms with Crippen LogP contribution in [0.25, 0.3) is 0 Å². The van der Waals surface area contributed by atoms with E-state index in [2.05, 4.69) is 45.5 Å². The number of thiazole rings is 1. The van der Waals surface area contributed by atoms with Crippen molar-refractivity contribution in [2.24, 2.45) is 0 Å². The van der Waals surface area contributed by atoms with Gasteiger partial charge in [-0.3, -0.25) is 10.1 Å². The van der Waals surface area contributed by atoms with Gasteiger partial charge in [-0.25, -0.2) is 9.78 Å². The molecule has 2 fully saturated rings. The topological polar surface area (TPSA) is 71.5 Å². The van der Waals surface area contributed by atoms with Crippen molar-refractivity contribution in [1.82, 2.24) is 9.88 Å². The van der Waals surface area contributed by atoms with E-state index in [1.165, 1.54) is 55.0 Å². The lowest BCUT2D eigenvalue weighted by Gasteiger charge is -2.42. The summed E-state index contributed by atoms with van der Waals surface area (Å²) in [6.45, 7) is 0. The summed E-state index contributed by atoms with van der Waals surface area (Å²) in [6, 6.07) is 11.3. The van der Waals surface area contributed by atoms with E-state index in [1.54, 1.807) is 6.20 Å². The number of nitrogens with one attached hydrogen (secondary N) is 1. The van der Waals surface area contributed by atoms with Crippen LogP contribution >= 0.6 is 23.1 Å². The number of esters is 1. The first kappa shape index (κ1) is 24.1. The highest BCUT2D eigenvalue weighted by Gasteiger charge is 2.35. The number of carbonyl (C=O) groups excluding carboxylic acids is 2. The van der Waals surface area contributed by atoms with Crippen molar-refractivity contribution in [3.8, 4) is 0 Å². The first-order chi connectivity index (χ1) is 16.1. The van der Waals surface area contributed by atoms with Crippen LogP contribution in [0.4, 0.5) is 9.93 Å². The molecule has 1 heterocycles. The number of nitrogens with zero attached hydrogens (tertiary/aromatic N) is 2. The Kier molecular flexibility index (Phi) is 8.67. The minimum atomic E-state index is -0.270. The highest BCUT2D eigenvalue weighted by molar-refractivity contribution is 8.01. The van der Waals surface area contributed by atoms with Gasteiger partial charge in [-0.2, -0.15) is 0 Å². The standard InChI is InChI=1S/C25H33N3O3S2/c1-31-22(29)17-32-23-16-26-24(33-23)27-25(30)28(20-10-6-3-7-11-20)21-14-12-19(13-15-21)18-8-4-2-5-9-18/h2,4-5,8-9,16,19-21H,3,6-7,10-15,17H2,1H3,(H,26,27,30). The molecule has 178 valence electrons. The van der Waals surface area contributed by atoms with E-state index in [-0.39, 0.29) is 23.8 Å². The fourth-order valence-electron chi connectivity index (χ4n) is 5.13. The van der Waals surface area contributed by atoms with Crippen molar-refractivity contribution < 1.29 is 14.3 Å². The molecule has 1 N–H and O–H groups in total. The van der Waals surface area contributed by atoms with Gasteiger partial charge in [-0.05, 0) is 50.0 Å². The molecule has 4 rings (SSSR count). The van der Waals surface area contributed by atoms with Crippen LogP contribution in [0.5, 0.6) is 0 Å². The Hall–Kier alpha value is -2.06. The second-order valence-electron chi connectivity index (χ2n) is 8.89. The molecule has 8 heteroatoms. The average molecular weight is 488 g/mol. The van der Waals surface area contributed by atoms with E-state index in [9.17, 15) is 9.59 Å². The fourth-order valence-corrected chi connectivity index (χ4v) is 6.82. The molecule has 0 bridgehead atoms. The van der Waals surface area contributed by atoms with Gasteiger partial charge in [0.1, 0.15) is 0 Å². The lowest BCUT2D eigenvalue weighted by molar-refractivity contribution is -0.137. The number of hydrogen-bond donors (Lipinski definition) is 1. The summed E-state index contributed by atoms with van der Waals surface area (Å²) in [5, 5.41) is 3.66. The number of carbonyl (C=O) groups is 2. The number of amides is 2. The molecule has 2 aliphatic carbocycles. The molecule has 1 aromatic heterocycles. The van der Waals surface area contributed by atoms with Gasteiger partial charge in [0.25, 0.3) is 0 Å². The van der Waals surface area contributed by atoms with E-state index in [0.29, 0.717) is 17.1 Å². The van der Waals surface area contributed by atoms with Crippen LogP contribution < -0.4 is 5.32 Å². The van der Waals surface area contributed by atoms with Gasteiger partial charge in [-0.1, -0.05) is 60.9 Å². The van der Waals surface area contributed by atoms with Crippen molar-refractivity contribution in [2.75, 3.05) is 18.2 Å². The van der Waals surface area contributed by atoms with Gasteiger partial charge in [0.2, 0.25) is 0 Å². The molecule has 0 atom stereocenters. The summed E-state index contributed by atoms with van der Waals surface area (Å²) in [5.74, 6) is 0.561. The highest BCUT2D eigenvalue weighted by Crippen LogP contribution is 2.37. The molecule has 0 aliphatic heterocycles. The minimum Gasteiger partial charge on any atom is -0.468 e. The lowest BCUT2D eigenvalue weighted by atomic mass is 9.80. The number of methoxy groups -OCH3 is 1. The van der Waals surface area contributed by atoms with Gasteiger partial charge in [0.05, 0.1) is 23.3 Å². The van der Waals surface area contributed by atoms with Crippen molar-refractivity contribution in [1.29, 1.82) is 0 Å².